The molecule has 0 amide bonds. The van der Waals surface area contributed by atoms with Crippen molar-refractivity contribution in [3.05, 3.63) is 33.5 Å². The predicted octanol–water partition coefficient (Wildman–Crippen LogP) is 1.74. The number of aldehydes is 1. The van der Waals surface area contributed by atoms with E-state index >= 15 is 0 Å². The van der Waals surface area contributed by atoms with E-state index in [2.05, 4.69) is 4.98 Å². The van der Waals surface area contributed by atoms with E-state index in [0.29, 0.717) is 0 Å². The minimum atomic E-state index is -3.00. The number of halogens is 2. The average molecular weight is 202 g/mol. The lowest BCUT2D eigenvalue weighted by atomic mass is 10.2. The van der Waals surface area contributed by atoms with Gasteiger partial charge in [-0.25, -0.2) is 8.78 Å². The van der Waals surface area contributed by atoms with Crippen molar-refractivity contribution in [1.82, 2.24) is 4.98 Å². The molecule has 0 N–H and O–H groups in total. The summed E-state index contributed by atoms with van der Waals surface area (Å²) in [5.74, 6) is -0.703. The van der Waals surface area contributed by atoms with Crippen LogP contribution in [0.1, 0.15) is 22.5 Å². The summed E-state index contributed by atoms with van der Waals surface area (Å²) in [6, 6.07) is 1.84. The van der Waals surface area contributed by atoms with Crippen molar-refractivity contribution < 1.29 is 18.5 Å². The molecule has 0 saturated carbocycles. The lowest BCUT2D eigenvalue weighted by Gasteiger charge is -1.97. The molecule has 0 aliphatic rings. The van der Waals surface area contributed by atoms with Crippen molar-refractivity contribution in [3.63, 3.8) is 0 Å². The number of rotatable bonds is 3. The van der Waals surface area contributed by atoms with Gasteiger partial charge in [0.25, 0.3) is 0 Å². The molecular weight excluding hydrogens is 198 g/mol. The standard InChI is InChI=1S/C7H4F2N2O3/c8-7(9)6-4(3-12)1-2-5(10-6)11(13)14/h1-3,7H. The summed E-state index contributed by atoms with van der Waals surface area (Å²) in [7, 11) is 0. The van der Waals surface area contributed by atoms with Gasteiger partial charge < -0.3 is 10.1 Å². The quantitative estimate of drug-likeness (QED) is 0.425. The molecule has 0 atom stereocenters. The Labute approximate surface area is 76.5 Å². The van der Waals surface area contributed by atoms with Crippen LogP contribution in [-0.2, 0) is 0 Å². The zero-order valence-corrected chi connectivity index (χ0v) is 6.68. The first-order valence-corrected chi connectivity index (χ1v) is 3.45. The Kier molecular flexibility index (Phi) is 2.80. The van der Waals surface area contributed by atoms with E-state index in [9.17, 15) is 23.7 Å². The second-order valence-corrected chi connectivity index (χ2v) is 2.32. The van der Waals surface area contributed by atoms with Gasteiger partial charge in [-0.3, -0.25) is 4.79 Å². The van der Waals surface area contributed by atoms with Gasteiger partial charge in [0, 0.05) is 6.07 Å². The SMILES string of the molecule is O=Cc1ccc([N+](=O)[O-])nc1C(F)F. The molecule has 0 aliphatic heterocycles. The molecule has 0 aromatic carbocycles. The van der Waals surface area contributed by atoms with Crippen LogP contribution in [0.3, 0.4) is 0 Å². The first-order valence-electron chi connectivity index (χ1n) is 3.45. The molecule has 0 unspecified atom stereocenters. The molecule has 1 rings (SSSR count). The fourth-order valence-corrected chi connectivity index (χ4v) is 0.851. The van der Waals surface area contributed by atoms with Gasteiger partial charge in [-0.2, -0.15) is 0 Å². The van der Waals surface area contributed by atoms with Crippen molar-refractivity contribution in [3.8, 4) is 0 Å². The van der Waals surface area contributed by atoms with Crippen molar-refractivity contribution in [2.45, 2.75) is 6.43 Å². The van der Waals surface area contributed by atoms with E-state index in [-0.39, 0.29) is 11.8 Å². The highest BCUT2D eigenvalue weighted by atomic mass is 19.3. The normalized spacial score (nSPS) is 10.2. The molecule has 0 aliphatic carbocycles. The zero-order valence-electron chi connectivity index (χ0n) is 6.68. The Morgan fingerprint density at radius 1 is 1.50 bits per heavy atom. The van der Waals surface area contributed by atoms with E-state index in [1.165, 1.54) is 0 Å². The second-order valence-electron chi connectivity index (χ2n) is 2.32. The molecular formula is C7H4F2N2O3. The third-order valence-corrected chi connectivity index (χ3v) is 1.46. The number of carbonyl (C=O) groups is 1. The van der Waals surface area contributed by atoms with Crippen LogP contribution in [0.4, 0.5) is 14.6 Å². The number of nitrogens with zero attached hydrogens (tertiary/aromatic N) is 2. The van der Waals surface area contributed by atoms with E-state index in [1.54, 1.807) is 0 Å². The molecule has 1 aromatic heterocycles. The van der Waals surface area contributed by atoms with Crippen LogP contribution in [-0.4, -0.2) is 16.2 Å². The highest BCUT2D eigenvalue weighted by Crippen LogP contribution is 2.22. The zero-order chi connectivity index (χ0) is 10.7. The van der Waals surface area contributed by atoms with Crippen LogP contribution in [0, 0.1) is 10.1 Å². The molecule has 7 heteroatoms. The minimum absolute atomic E-state index is 0.179. The van der Waals surface area contributed by atoms with Gasteiger partial charge in [-0.15, -0.1) is 0 Å². The first-order chi connectivity index (χ1) is 6.56. The molecule has 0 bridgehead atoms. The van der Waals surface area contributed by atoms with Crippen LogP contribution in [0.25, 0.3) is 0 Å². The van der Waals surface area contributed by atoms with Gasteiger partial charge in [0.2, 0.25) is 5.69 Å². The predicted molar refractivity (Wildman–Crippen MR) is 41.2 cm³/mol. The topological polar surface area (TPSA) is 73.1 Å². The number of aromatic nitrogens is 1. The van der Waals surface area contributed by atoms with Crippen molar-refractivity contribution in [2.75, 3.05) is 0 Å². The van der Waals surface area contributed by atoms with E-state index in [0.717, 1.165) is 12.1 Å². The van der Waals surface area contributed by atoms with Crippen LogP contribution >= 0.6 is 0 Å². The van der Waals surface area contributed by atoms with Crippen molar-refractivity contribution in [2.24, 2.45) is 0 Å². The summed E-state index contributed by atoms with van der Waals surface area (Å²) in [4.78, 5) is 22.6. The minimum Gasteiger partial charge on any atom is -0.358 e. The molecule has 5 nitrogen and oxygen atoms in total. The first kappa shape index (κ1) is 10.2. The summed E-state index contributed by atoms with van der Waals surface area (Å²) in [5, 5.41) is 10.2. The van der Waals surface area contributed by atoms with Crippen LogP contribution in [0.5, 0.6) is 0 Å². The Morgan fingerprint density at radius 3 is 2.57 bits per heavy atom. The Balaban J connectivity index is 3.27. The Hall–Kier alpha value is -1.92. The maximum Gasteiger partial charge on any atom is 0.363 e. The second kappa shape index (κ2) is 3.86. The highest BCUT2D eigenvalue weighted by Gasteiger charge is 2.22. The van der Waals surface area contributed by atoms with Crippen LogP contribution in [0.15, 0.2) is 12.1 Å². The molecule has 74 valence electrons. The lowest BCUT2D eigenvalue weighted by Crippen LogP contribution is -2.01. The fraction of sp³-hybridized carbons (Fsp3) is 0.143. The number of nitro groups is 1. The summed E-state index contributed by atoms with van der Waals surface area (Å²) in [5.41, 5.74) is -1.21. The monoisotopic (exact) mass is 202 g/mol. The molecule has 0 saturated heterocycles. The van der Waals surface area contributed by atoms with Gasteiger partial charge in [-0.05, 0) is 16.0 Å². The summed E-state index contributed by atoms with van der Waals surface area (Å²) in [6.07, 6.45) is -2.83. The van der Waals surface area contributed by atoms with E-state index in [1.807, 2.05) is 0 Å². The molecule has 0 spiro atoms. The largest absolute Gasteiger partial charge is 0.363 e. The third kappa shape index (κ3) is 1.87. The van der Waals surface area contributed by atoms with Gasteiger partial charge >= 0.3 is 12.2 Å². The van der Waals surface area contributed by atoms with Gasteiger partial charge in [-0.1, -0.05) is 0 Å². The maximum atomic E-state index is 12.2. The molecule has 14 heavy (non-hydrogen) atoms. The smallest absolute Gasteiger partial charge is 0.358 e. The maximum absolute atomic E-state index is 12.2. The Bertz CT molecular complexity index is 381. The van der Waals surface area contributed by atoms with Gasteiger partial charge in [0.1, 0.15) is 0 Å². The summed E-state index contributed by atoms with van der Waals surface area (Å²) in [6.45, 7) is 0. The third-order valence-electron chi connectivity index (χ3n) is 1.46. The molecule has 0 fully saturated rings. The number of hydrogen-bond acceptors (Lipinski definition) is 4. The van der Waals surface area contributed by atoms with Crippen molar-refractivity contribution >= 4 is 12.1 Å². The number of hydrogen-bond donors (Lipinski definition) is 0. The number of carbonyl (C=O) groups excluding carboxylic acids is 1. The summed E-state index contributed by atoms with van der Waals surface area (Å²) < 4.78 is 24.4. The van der Waals surface area contributed by atoms with E-state index < -0.39 is 22.9 Å². The highest BCUT2D eigenvalue weighted by molar-refractivity contribution is 5.76. The Morgan fingerprint density at radius 2 is 2.14 bits per heavy atom. The van der Waals surface area contributed by atoms with Gasteiger partial charge in [0.05, 0.1) is 5.56 Å². The average Bonchev–Trinajstić information content (AvgIpc) is 2.16. The van der Waals surface area contributed by atoms with Crippen molar-refractivity contribution in [1.29, 1.82) is 0 Å². The van der Waals surface area contributed by atoms with Gasteiger partial charge in [0.15, 0.2) is 6.29 Å². The number of pyridine rings is 1. The molecule has 1 aromatic rings. The molecule has 0 radical (unpaired) electrons. The fourth-order valence-electron chi connectivity index (χ4n) is 0.851. The van der Waals surface area contributed by atoms with E-state index in [4.69, 9.17) is 0 Å². The van der Waals surface area contributed by atoms with Crippen LogP contribution < -0.4 is 0 Å². The van der Waals surface area contributed by atoms with Crippen LogP contribution in [0.2, 0.25) is 0 Å². The summed E-state index contributed by atoms with van der Waals surface area (Å²) >= 11 is 0. The molecule has 1 heterocycles. The lowest BCUT2D eigenvalue weighted by molar-refractivity contribution is -0.389. The number of alkyl halides is 2.